The molecule has 0 spiro atoms. The molecule has 2 atom stereocenters. The maximum absolute atomic E-state index is 12.2. The van der Waals surface area contributed by atoms with Crippen LogP contribution in [0, 0.1) is 0 Å². The molecule has 0 bridgehead atoms. The fraction of sp³-hybridized carbons (Fsp3) is 0.333. The van der Waals surface area contributed by atoms with Gasteiger partial charge in [0.25, 0.3) is 11.8 Å². The van der Waals surface area contributed by atoms with Crippen molar-refractivity contribution in [2.75, 3.05) is 26.2 Å². The van der Waals surface area contributed by atoms with E-state index in [1.165, 1.54) is 10.8 Å². The summed E-state index contributed by atoms with van der Waals surface area (Å²) < 4.78 is 0. The molecule has 1 fully saturated rings. The molecule has 23 heavy (non-hydrogen) atoms. The van der Waals surface area contributed by atoms with Crippen LogP contribution in [0.1, 0.15) is 18.5 Å². The van der Waals surface area contributed by atoms with Gasteiger partial charge >= 0.3 is 0 Å². The predicted octanol–water partition coefficient (Wildman–Crippen LogP) is 0.0317. The summed E-state index contributed by atoms with van der Waals surface area (Å²) in [6, 6.07) is 14.4. The van der Waals surface area contributed by atoms with Gasteiger partial charge < -0.3 is 15.5 Å². The lowest BCUT2D eigenvalue weighted by Crippen LogP contribution is -3.16. The van der Waals surface area contributed by atoms with E-state index in [-0.39, 0.29) is 17.9 Å². The summed E-state index contributed by atoms with van der Waals surface area (Å²) in [5.41, 5.74) is 1.09. The average molecular weight is 312 g/mol. The van der Waals surface area contributed by atoms with Gasteiger partial charge in [-0.2, -0.15) is 0 Å². The summed E-state index contributed by atoms with van der Waals surface area (Å²) in [4.78, 5) is 24.6. The summed E-state index contributed by atoms with van der Waals surface area (Å²) in [5.74, 6) is -0.00279. The highest BCUT2D eigenvalue weighted by molar-refractivity contribution is 5.83. The maximum Gasteiger partial charge on any atom is 0.275 e. The molecule has 1 aliphatic heterocycles. The van der Waals surface area contributed by atoms with Crippen LogP contribution >= 0.6 is 0 Å². The van der Waals surface area contributed by atoms with Crippen molar-refractivity contribution in [2.24, 2.45) is 0 Å². The van der Waals surface area contributed by atoms with Crippen LogP contribution in [0.5, 0.6) is 0 Å². The molecule has 120 valence electrons. The third kappa shape index (κ3) is 3.87. The molecule has 0 aromatic heterocycles. The zero-order valence-electron chi connectivity index (χ0n) is 13.3. The molecule has 1 aliphatic rings. The van der Waals surface area contributed by atoms with E-state index in [1.807, 2.05) is 19.1 Å². The molecule has 1 unspecified atom stereocenters. The van der Waals surface area contributed by atoms with E-state index < -0.39 is 0 Å². The number of hydrogen-bond donors (Lipinski definition) is 3. The summed E-state index contributed by atoms with van der Waals surface area (Å²) in [7, 11) is 0. The molecule has 1 saturated heterocycles. The molecule has 2 aromatic rings. The molecule has 3 N–H and O–H groups in total. The highest BCUT2D eigenvalue weighted by Crippen LogP contribution is 2.20. The SMILES string of the molecule is C[C@@H](NC(=O)C[NH+]1CCNC(=O)C1)c1ccc2ccccc2c1. The van der Waals surface area contributed by atoms with Gasteiger partial charge in [0.15, 0.2) is 13.1 Å². The molecule has 2 amide bonds. The molecule has 2 aromatic carbocycles. The second-order valence-corrected chi connectivity index (χ2v) is 6.10. The molecular formula is C18H22N3O2+. The smallest absolute Gasteiger partial charge is 0.275 e. The zero-order valence-corrected chi connectivity index (χ0v) is 13.3. The Morgan fingerprint density at radius 1 is 1.26 bits per heavy atom. The van der Waals surface area contributed by atoms with Gasteiger partial charge in [-0.05, 0) is 29.3 Å². The molecular weight excluding hydrogens is 290 g/mol. The van der Waals surface area contributed by atoms with Crippen LogP contribution in [0.25, 0.3) is 10.8 Å². The van der Waals surface area contributed by atoms with Crippen molar-refractivity contribution in [1.82, 2.24) is 10.6 Å². The van der Waals surface area contributed by atoms with Crippen molar-refractivity contribution in [2.45, 2.75) is 13.0 Å². The van der Waals surface area contributed by atoms with E-state index in [0.717, 1.165) is 17.0 Å². The minimum Gasteiger partial charge on any atom is -0.346 e. The number of piperazine rings is 1. The van der Waals surface area contributed by atoms with Crippen molar-refractivity contribution < 1.29 is 14.5 Å². The van der Waals surface area contributed by atoms with Crippen molar-refractivity contribution >= 4 is 22.6 Å². The van der Waals surface area contributed by atoms with Gasteiger partial charge in [-0.15, -0.1) is 0 Å². The van der Waals surface area contributed by atoms with E-state index in [1.54, 1.807) is 0 Å². The van der Waals surface area contributed by atoms with E-state index >= 15 is 0 Å². The third-order valence-corrected chi connectivity index (χ3v) is 4.27. The number of carbonyl (C=O) groups is 2. The summed E-state index contributed by atoms with van der Waals surface area (Å²) in [6.07, 6.45) is 0. The van der Waals surface area contributed by atoms with Gasteiger partial charge in [0.05, 0.1) is 19.1 Å². The predicted molar refractivity (Wildman–Crippen MR) is 89.1 cm³/mol. The Kier molecular flexibility index (Phi) is 4.57. The first kappa shape index (κ1) is 15.5. The quantitative estimate of drug-likeness (QED) is 0.746. The van der Waals surface area contributed by atoms with Gasteiger partial charge in [0.2, 0.25) is 0 Å². The number of quaternary nitrogens is 1. The minimum absolute atomic E-state index is 0.0154. The van der Waals surface area contributed by atoms with Crippen LogP contribution in [-0.4, -0.2) is 38.0 Å². The lowest BCUT2D eigenvalue weighted by Gasteiger charge is -2.24. The molecule has 0 aliphatic carbocycles. The summed E-state index contributed by atoms with van der Waals surface area (Å²) in [6.45, 7) is 4.13. The van der Waals surface area contributed by atoms with Gasteiger partial charge in [0.1, 0.15) is 0 Å². The highest BCUT2D eigenvalue weighted by Gasteiger charge is 2.22. The van der Waals surface area contributed by atoms with E-state index in [2.05, 4.69) is 41.0 Å². The molecule has 1 heterocycles. The lowest BCUT2D eigenvalue weighted by atomic mass is 10.0. The normalized spacial score (nSPS) is 19.2. The van der Waals surface area contributed by atoms with Gasteiger partial charge in [-0.1, -0.05) is 36.4 Å². The molecule has 5 nitrogen and oxygen atoms in total. The molecule has 0 radical (unpaired) electrons. The number of hydrogen-bond acceptors (Lipinski definition) is 2. The van der Waals surface area contributed by atoms with Gasteiger partial charge in [-0.3, -0.25) is 9.59 Å². The molecule has 5 heteroatoms. The largest absolute Gasteiger partial charge is 0.346 e. The third-order valence-electron chi connectivity index (χ3n) is 4.27. The Morgan fingerprint density at radius 3 is 2.83 bits per heavy atom. The fourth-order valence-corrected chi connectivity index (χ4v) is 2.99. The van der Waals surface area contributed by atoms with Crippen molar-refractivity contribution in [3.63, 3.8) is 0 Å². The van der Waals surface area contributed by atoms with E-state index in [0.29, 0.717) is 19.6 Å². The number of carbonyl (C=O) groups excluding carboxylic acids is 2. The topological polar surface area (TPSA) is 62.6 Å². The number of benzene rings is 2. The first-order valence-electron chi connectivity index (χ1n) is 8.00. The number of rotatable bonds is 4. The maximum atomic E-state index is 12.2. The highest BCUT2D eigenvalue weighted by atomic mass is 16.2. The standard InChI is InChI=1S/C18H21N3O2/c1-13(15-7-6-14-4-2-3-5-16(14)10-15)20-18(23)12-21-9-8-19-17(22)11-21/h2-7,10,13H,8-9,11-12H2,1H3,(H,19,22)(H,20,23)/p+1/t13-/m1/s1. The number of fused-ring (bicyclic) bond motifs is 1. The van der Waals surface area contributed by atoms with Crippen LogP contribution in [0.15, 0.2) is 42.5 Å². The summed E-state index contributed by atoms with van der Waals surface area (Å²) >= 11 is 0. The summed E-state index contributed by atoms with van der Waals surface area (Å²) in [5, 5.41) is 8.17. The van der Waals surface area contributed by atoms with Crippen LogP contribution in [0.2, 0.25) is 0 Å². The van der Waals surface area contributed by atoms with Crippen molar-refractivity contribution in [1.29, 1.82) is 0 Å². The zero-order chi connectivity index (χ0) is 16.2. The minimum atomic E-state index is -0.0508. The molecule has 0 saturated carbocycles. The second kappa shape index (κ2) is 6.79. The Balaban J connectivity index is 1.61. The molecule has 3 rings (SSSR count). The van der Waals surface area contributed by atoms with E-state index in [4.69, 9.17) is 0 Å². The van der Waals surface area contributed by atoms with Gasteiger partial charge in [0, 0.05) is 0 Å². The lowest BCUT2D eigenvalue weighted by molar-refractivity contribution is -0.885. The Bertz CT molecular complexity index is 729. The van der Waals surface area contributed by atoms with Crippen molar-refractivity contribution in [3.05, 3.63) is 48.0 Å². The Hall–Kier alpha value is -2.40. The van der Waals surface area contributed by atoms with Crippen LogP contribution in [0.4, 0.5) is 0 Å². The van der Waals surface area contributed by atoms with Crippen LogP contribution < -0.4 is 15.5 Å². The van der Waals surface area contributed by atoms with Crippen molar-refractivity contribution in [3.8, 4) is 0 Å². The van der Waals surface area contributed by atoms with Crippen LogP contribution in [-0.2, 0) is 9.59 Å². The Morgan fingerprint density at radius 2 is 2.04 bits per heavy atom. The second-order valence-electron chi connectivity index (χ2n) is 6.10. The number of nitrogens with one attached hydrogen (secondary N) is 3. The fourth-order valence-electron chi connectivity index (χ4n) is 2.99. The Labute approximate surface area is 135 Å². The van der Waals surface area contributed by atoms with E-state index in [9.17, 15) is 9.59 Å². The van der Waals surface area contributed by atoms with Gasteiger partial charge in [-0.25, -0.2) is 0 Å². The first-order valence-corrected chi connectivity index (χ1v) is 8.00. The monoisotopic (exact) mass is 312 g/mol. The first-order chi connectivity index (χ1) is 11.1. The van der Waals surface area contributed by atoms with Crippen LogP contribution in [0.3, 0.4) is 0 Å². The average Bonchev–Trinajstić information content (AvgIpc) is 2.54. The number of amides is 2.